The van der Waals surface area contributed by atoms with Gasteiger partial charge in [0, 0.05) is 34.2 Å². The predicted octanol–water partition coefficient (Wildman–Crippen LogP) is 5.36. The number of halogens is 1. The minimum atomic E-state index is -0.449. The number of benzene rings is 3. The predicted molar refractivity (Wildman–Crippen MR) is 131 cm³/mol. The maximum Gasteiger partial charge on any atom is 0.269 e. The second-order valence-corrected chi connectivity index (χ2v) is 8.86. The smallest absolute Gasteiger partial charge is 0.269 e. The van der Waals surface area contributed by atoms with Gasteiger partial charge in [0.1, 0.15) is 0 Å². The molecule has 172 valence electrons. The van der Waals surface area contributed by atoms with E-state index in [9.17, 15) is 14.9 Å². The highest BCUT2D eigenvalue weighted by molar-refractivity contribution is 7.98. The van der Waals surface area contributed by atoms with E-state index in [0.717, 1.165) is 5.56 Å². The van der Waals surface area contributed by atoms with E-state index >= 15 is 0 Å². The molecule has 0 aliphatic rings. The second-order valence-electron chi connectivity index (χ2n) is 7.48. The molecule has 10 heteroatoms. The fourth-order valence-electron chi connectivity index (χ4n) is 3.33. The van der Waals surface area contributed by atoms with Crippen molar-refractivity contribution < 1.29 is 9.72 Å². The zero-order chi connectivity index (χ0) is 24.1. The molecule has 1 N–H and O–H groups in total. The highest BCUT2D eigenvalue weighted by atomic mass is 35.5. The number of nitrogens with zero attached hydrogens (tertiary/aromatic N) is 4. The molecule has 34 heavy (non-hydrogen) atoms. The van der Waals surface area contributed by atoms with E-state index in [2.05, 4.69) is 21.6 Å². The lowest BCUT2D eigenvalue weighted by molar-refractivity contribution is -0.384. The fraction of sp³-hybridized carbons (Fsp3) is 0.125. The molecule has 0 aliphatic carbocycles. The van der Waals surface area contributed by atoms with Gasteiger partial charge in [-0.25, -0.2) is 0 Å². The number of nitrogens with one attached hydrogen (secondary N) is 1. The van der Waals surface area contributed by atoms with Gasteiger partial charge in [0.25, 0.3) is 11.6 Å². The van der Waals surface area contributed by atoms with Gasteiger partial charge in [0.05, 0.1) is 11.5 Å². The van der Waals surface area contributed by atoms with E-state index in [1.165, 1.54) is 29.5 Å². The van der Waals surface area contributed by atoms with Crippen LogP contribution in [0.15, 0.2) is 78.0 Å². The topological polar surface area (TPSA) is 103 Å². The van der Waals surface area contributed by atoms with Crippen LogP contribution in [0.25, 0.3) is 5.69 Å². The normalized spacial score (nSPS) is 10.8. The number of thioether (sulfide) groups is 1. The molecule has 0 atom stereocenters. The molecule has 1 heterocycles. The molecular weight excluding hydrogens is 474 g/mol. The van der Waals surface area contributed by atoms with E-state index in [1.807, 2.05) is 25.1 Å². The first-order valence-corrected chi connectivity index (χ1v) is 11.7. The van der Waals surface area contributed by atoms with Crippen molar-refractivity contribution in [1.82, 2.24) is 20.1 Å². The zero-order valence-electron chi connectivity index (χ0n) is 18.1. The first-order chi connectivity index (χ1) is 16.4. The Labute approximate surface area is 205 Å². The van der Waals surface area contributed by atoms with Gasteiger partial charge in [-0.05, 0) is 42.8 Å². The molecule has 0 aliphatic heterocycles. The van der Waals surface area contributed by atoms with Crippen LogP contribution in [0, 0.1) is 17.0 Å². The Kier molecular flexibility index (Phi) is 7.24. The number of nitro groups is 1. The molecule has 0 saturated carbocycles. The Hall–Kier alpha value is -3.69. The minimum Gasteiger partial charge on any atom is -0.345 e. The van der Waals surface area contributed by atoms with Crippen molar-refractivity contribution >= 4 is 35.0 Å². The summed E-state index contributed by atoms with van der Waals surface area (Å²) in [6.07, 6.45) is 0. The van der Waals surface area contributed by atoms with Crippen LogP contribution in [0.2, 0.25) is 5.02 Å². The van der Waals surface area contributed by atoms with Crippen molar-refractivity contribution in [1.29, 1.82) is 0 Å². The molecule has 0 radical (unpaired) electrons. The summed E-state index contributed by atoms with van der Waals surface area (Å²) in [7, 11) is 0. The SMILES string of the molecule is Cc1cccc(CSc2nnc(CNC(=O)c3cccc(Cl)c3)n2-c2ccc([N+](=O)[O-])cc2)c1. The average molecular weight is 494 g/mol. The Balaban J connectivity index is 1.60. The molecule has 3 aromatic carbocycles. The lowest BCUT2D eigenvalue weighted by Crippen LogP contribution is -2.24. The van der Waals surface area contributed by atoms with Crippen molar-refractivity contribution in [3.63, 3.8) is 0 Å². The number of nitro benzene ring substituents is 1. The Morgan fingerprint density at radius 1 is 1.09 bits per heavy atom. The zero-order valence-corrected chi connectivity index (χ0v) is 19.7. The number of non-ortho nitro benzene ring substituents is 1. The minimum absolute atomic E-state index is 0.0124. The van der Waals surface area contributed by atoms with Crippen molar-refractivity contribution in [2.45, 2.75) is 24.4 Å². The molecule has 4 rings (SSSR count). The van der Waals surface area contributed by atoms with Crippen LogP contribution in [0.3, 0.4) is 0 Å². The summed E-state index contributed by atoms with van der Waals surface area (Å²) in [4.78, 5) is 23.2. The van der Waals surface area contributed by atoms with Crippen LogP contribution in [0.1, 0.15) is 27.3 Å². The number of amides is 1. The third kappa shape index (κ3) is 5.62. The molecule has 0 saturated heterocycles. The van der Waals surface area contributed by atoms with Crippen molar-refractivity contribution in [3.05, 3.63) is 110 Å². The first kappa shape index (κ1) is 23.5. The molecule has 0 fully saturated rings. The maximum atomic E-state index is 12.6. The van der Waals surface area contributed by atoms with Gasteiger partial charge in [-0.1, -0.05) is 59.3 Å². The maximum absolute atomic E-state index is 12.6. The number of aryl methyl sites for hydroxylation is 1. The van der Waals surface area contributed by atoms with Crippen molar-refractivity contribution in [2.24, 2.45) is 0 Å². The Morgan fingerprint density at radius 3 is 2.56 bits per heavy atom. The standard InChI is InChI=1S/C24H20ClN5O3S/c1-16-4-2-5-17(12-16)15-34-24-28-27-22(14-26-23(31)18-6-3-7-19(25)13-18)29(24)20-8-10-21(11-9-20)30(32)33/h2-13H,14-15H2,1H3,(H,26,31). The lowest BCUT2D eigenvalue weighted by Gasteiger charge is -2.11. The van der Waals surface area contributed by atoms with Crippen LogP contribution < -0.4 is 5.32 Å². The van der Waals surface area contributed by atoms with Crippen LogP contribution in [0.5, 0.6) is 0 Å². The molecule has 0 bridgehead atoms. The molecule has 4 aromatic rings. The summed E-state index contributed by atoms with van der Waals surface area (Å²) < 4.78 is 1.79. The number of carbonyl (C=O) groups excluding carboxylic acids is 1. The van der Waals surface area contributed by atoms with Gasteiger partial charge in [-0.3, -0.25) is 19.5 Å². The Morgan fingerprint density at radius 2 is 1.85 bits per heavy atom. The monoisotopic (exact) mass is 493 g/mol. The molecule has 8 nitrogen and oxygen atoms in total. The number of aromatic nitrogens is 3. The average Bonchev–Trinajstić information content (AvgIpc) is 3.24. The van der Waals surface area contributed by atoms with Gasteiger partial charge in [-0.2, -0.15) is 0 Å². The summed E-state index contributed by atoms with van der Waals surface area (Å²) in [5, 5.41) is 23.6. The molecule has 0 spiro atoms. The molecule has 0 unspecified atom stereocenters. The fourth-order valence-corrected chi connectivity index (χ4v) is 4.44. The summed E-state index contributed by atoms with van der Waals surface area (Å²) in [5.41, 5.74) is 3.39. The van der Waals surface area contributed by atoms with Crippen LogP contribution in [-0.2, 0) is 12.3 Å². The first-order valence-electron chi connectivity index (χ1n) is 10.3. The van der Waals surface area contributed by atoms with Gasteiger partial charge in [0.15, 0.2) is 11.0 Å². The third-order valence-corrected chi connectivity index (χ3v) is 6.20. The van der Waals surface area contributed by atoms with E-state index in [0.29, 0.717) is 33.0 Å². The molecule has 1 aromatic heterocycles. The van der Waals surface area contributed by atoms with Crippen LogP contribution >= 0.6 is 23.4 Å². The number of carbonyl (C=O) groups is 1. The van der Waals surface area contributed by atoms with E-state index in [4.69, 9.17) is 11.6 Å². The van der Waals surface area contributed by atoms with Gasteiger partial charge in [0.2, 0.25) is 0 Å². The quantitative estimate of drug-likeness (QED) is 0.201. The number of hydrogen-bond donors (Lipinski definition) is 1. The van der Waals surface area contributed by atoms with E-state index in [-0.39, 0.29) is 18.1 Å². The van der Waals surface area contributed by atoms with Gasteiger partial charge >= 0.3 is 0 Å². The summed E-state index contributed by atoms with van der Waals surface area (Å²) in [5.74, 6) is 0.868. The molecule has 1 amide bonds. The van der Waals surface area contributed by atoms with Crippen LogP contribution in [0.4, 0.5) is 5.69 Å². The number of hydrogen-bond acceptors (Lipinski definition) is 6. The van der Waals surface area contributed by atoms with Gasteiger partial charge < -0.3 is 5.32 Å². The highest BCUT2D eigenvalue weighted by Gasteiger charge is 2.17. The summed E-state index contributed by atoms with van der Waals surface area (Å²) >= 11 is 7.48. The highest BCUT2D eigenvalue weighted by Crippen LogP contribution is 2.27. The largest absolute Gasteiger partial charge is 0.345 e. The summed E-state index contributed by atoms with van der Waals surface area (Å²) in [6, 6.07) is 21.0. The van der Waals surface area contributed by atoms with E-state index in [1.54, 1.807) is 41.0 Å². The van der Waals surface area contributed by atoms with Crippen LogP contribution in [-0.4, -0.2) is 25.6 Å². The second kappa shape index (κ2) is 10.5. The lowest BCUT2D eigenvalue weighted by atomic mass is 10.2. The van der Waals surface area contributed by atoms with Crippen molar-refractivity contribution in [3.8, 4) is 5.69 Å². The van der Waals surface area contributed by atoms with E-state index < -0.39 is 4.92 Å². The van der Waals surface area contributed by atoms with Gasteiger partial charge in [-0.15, -0.1) is 10.2 Å². The van der Waals surface area contributed by atoms with Crippen molar-refractivity contribution in [2.75, 3.05) is 0 Å². The number of rotatable bonds is 8. The Bertz CT molecular complexity index is 1340. The third-order valence-electron chi connectivity index (χ3n) is 4.96. The molecular formula is C24H20ClN5O3S. The summed E-state index contributed by atoms with van der Waals surface area (Å²) in [6.45, 7) is 2.15.